The second kappa shape index (κ2) is 9.92. The lowest BCUT2D eigenvalue weighted by Gasteiger charge is -2.27. The Balaban J connectivity index is 1.60. The molecule has 0 aromatic heterocycles. The fourth-order valence-electron chi connectivity index (χ4n) is 3.68. The smallest absolute Gasteiger partial charge is 0.262 e. The number of benzene rings is 1. The molecule has 30 heavy (non-hydrogen) atoms. The third kappa shape index (κ3) is 4.92. The SMILES string of the molecule is CNCCCOCCN(C)Cc1ccc2c(c1)C(=O)N(C1CCC(=O)NC1=O)C2=O. The summed E-state index contributed by atoms with van der Waals surface area (Å²) in [5.74, 6) is -1.96. The van der Waals surface area contributed by atoms with E-state index in [2.05, 4.69) is 15.5 Å². The highest BCUT2D eigenvalue weighted by Crippen LogP contribution is 2.28. The maximum atomic E-state index is 12.9. The van der Waals surface area contributed by atoms with Crippen LogP contribution in [-0.2, 0) is 20.9 Å². The fraction of sp³-hybridized carbons (Fsp3) is 0.524. The first kappa shape index (κ1) is 22.1. The zero-order valence-corrected chi connectivity index (χ0v) is 17.4. The number of fused-ring (bicyclic) bond motifs is 1. The van der Waals surface area contributed by atoms with Crippen molar-refractivity contribution in [3.8, 4) is 0 Å². The second-order valence-corrected chi connectivity index (χ2v) is 7.63. The van der Waals surface area contributed by atoms with Crippen molar-refractivity contribution in [2.45, 2.75) is 31.8 Å². The van der Waals surface area contributed by atoms with Gasteiger partial charge in [0.1, 0.15) is 6.04 Å². The molecule has 3 rings (SSSR count). The van der Waals surface area contributed by atoms with Gasteiger partial charge in [-0.25, -0.2) is 0 Å². The number of carbonyl (C=O) groups is 4. The molecule has 0 spiro atoms. The first-order chi connectivity index (χ1) is 14.4. The van der Waals surface area contributed by atoms with Gasteiger partial charge in [0.25, 0.3) is 11.8 Å². The molecule has 9 heteroatoms. The number of hydrogen-bond acceptors (Lipinski definition) is 7. The maximum Gasteiger partial charge on any atom is 0.262 e. The molecule has 1 aromatic carbocycles. The van der Waals surface area contributed by atoms with Crippen LogP contribution in [0.3, 0.4) is 0 Å². The Morgan fingerprint density at radius 1 is 1.17 bits per heavy atom. The van der Waals surface area contributed by atoms with Gasteiger partial charge in [0.15, 0.2) is 0 Å². The molecule has 0 radical (unpaired) electrons. The Morgan fingerprint density at radius 2 is 1.93 bits per heavy atom. The van der Waals surface area contributed by atoms with Crippen LogP contribution in [0.1, 0.15) is 45.5 Å². The zero-order valence-electron chi connectivity index (χ0n) is 17.4. The molecule has 0 bridgehead atoms. The topological polar surface area (TPSA) is 108 Å². The summed E-state index contributed by atoms with van der Waals surface area (Å²) >= 11 is 0. The number of hydrogen-bond donors (Lipinski definition) is 2. The van der Waals surface area contributed by atoms with Crippen LogP contribution in [0.2, 0.25) is 0 Å². The minimum atomic E-state index is -0.943. The first-order valence-corrected chi connectivity index (χ1v) is 10.2. The van der Waals surface area contributed by atoms with Gasteiger partial charge in [0.2, 0.25) is 11.8 Å². The highest BCUT2D eigenvalue weighted by molar-refractivity contribution is 6.23. The molecule has 2 aliphatic rings. The van der Waals surface area contributed by atoms with Crippen LogP contribution in [0.15, 0.2) is 18.2 Å². The summed E-state index contributed by atoms with van der Waals surface area (Å²) in [5.41, 5.74) is 1.50. The van der Waals surface area contributed by atoms with Crippen molar-refractivity contribution in [1.29, 1.82) is 0 Å². The third-order valence-corrected chi connectivity index (χ3v) is 5.29. The van der Waals surface area contributed by atoms with E-state index in [-0.39, 0.29) is 18.7 Å². The van der Waals surface area contributed by atoms with Gasteiger partial charge in [-0.05, 0) is 51.2 Å². The quantitative estimate of drug-likeness (QED) is 0.413. The van der Waals surface area contributed by atoms with Crippen LogP contribution in [0.5, 0.6) is 0 Å². The molecule has 1 saturated heterocycles. The Kier molecular flexibility index (Phi) is 7.30. The van der Waals surface area contributed by atoms with Crippen molar-refractivity contribution >= 4 is 23.6 Å². The van der Waals surface area contributed by atoms with Gasteiger partial charge in [-0.2, -0.15) is 0 Å². The van der Waals surface area contributed by atoms with E-state index in [1.54, 1.807) is 12.1 Å². The highest BCUT2D eigenvalue weighted by Gasteiger charge is 2.44. The molecule has 2 N–H and O–H groups in total. The van der Waals surface area contributed by atoms with Crippen molar-refractivity contribution in [2.24, 2.45) is 0 Å². The summed E-state index contributed by atoms with van der Waals surface area (Å²) in [7, 11) is 3.87. The molecule has 2 aliphatic heterocycles. The van der Waals surface area contributed by atoms with Gasteiger partial charge >= 0.3 is 0 Å². The van der Waals surface area contributed by atoms with Crippen LogP contribution in [0, 0.1) is 0 Å². The van der Waals surface area contributed by atoms with E-state index >= 15 is 0 Å². The van der Waals surface area contributed by atoms with E-state index in [1.165, 1.54) is 0 Å². The number of ether oxygens (including phenoxy) is 1. The van der Waals surface area contributed by atoms with Gasteiger partial charge in [0, 0.05) is 26.1 Å². The van der Waals surface area contributed by atoms with E-state index < -0.39 is 23.8 Å². The molecule has 162 valence electrons. The maximum absolute atomic E-state index is 12.9. The second-order valence-electron chi connectivity index (χ2n) is 7.63. The van der Waals surface area contributed by atoms with E-state index in [1.807, 2.05) is 20.2 Å². The summed E-state index contributed by atoms with van der Waals surface area (Å²) in [6, 6.07) is 4.23. The van der Waals surface area contributed by atoms with Crippen molar-refractivity contribution < 1.29 is 23.9 Å². The molecule has 1 aromatic rings. The largest absolute Gasteiger partial charge is 0.380 e. The molecule has 0 aliphatic carbocycles. The minimum Gasteiger partial charge on any atom is -0.380 e. The summed E-state index contributed by atoms with van der Waals surface area (Å²) in [4.78, 5) is 52.2. The summed E-state index contributed by atoms with van der Waals surface area (Å²) < 4.78 is 5.60. The molecule has 9 nitrogen and oxygen atoms in total. The molecule has 0 saturated carbocycles. The molecule has 4 amide bonds. The molecule has 1 unspecified atom stereocenters. The minimum absolute atomic E-state index is 0.108. The van der Waals surface area contributed by atoms with Crippen molar-refractivity contribution in [1.82, 2.24) is 20.4 Å². The molecule has 1 atom stereocenters. The summed E-state index contributed by atoms with van der Waals surface area (Å²) in [6.45, 7) is 3.60. The lowest BCUT2D eigenvalue weighted by molar-refractivity contribution is -0.136. The van der Waals surface area contributed by atoms with Crippen LogP contribution < -0.4 is 10.6 Å². The molecule has 1 fully saturated rings. The van der Waals surface area contributed by atoms with E-state index in [0.717, 1.165) is 30.0 Å². The Bertz CT molecular complexity index is 841. The van der Waals surface area contributed by atoms with Gasteiger partial charge in [-0.3, -0.25) is 34.3 Å². The van der Waals surface area contributed by atoms with Crippen molar-refractivity contribution in [2.75, 3.05) is 40.4 Å². The molecule has 2 heterocycles. The standard InChI is InChI=1S/C21H28N4O5/c1-22-8-3-10-30-11-9-24(2)13-14-4-5-15-16(12-14)21(29)25(20(15)28)17-6-7-18(26)23-19(17)27/h4-5,12,17,22H,3,6-11,13H2,1-2H3,(H,23,26,27). The molecular weight excluding hydrogens is 388 g/mol. The zero-order chi connectivity index (χ0) is 21.7. The van der Waals surface area contributed by atoms with Crippen molar-refractivity contribution in [3.05, 3.63) is 34.9 Å². The molecular formula is C21H28N4O5. The predicted octanol–water partition coefficient (Wildman–Crippen LogP) is 0.146. The lowest BCUT2D eigenvalue weighted by atomic mass is 10.0. The number of amides is 4. The van der Waals surface area contributed by atoms with Crippen molar-refractivity contribution in [3.63, 3.8) is 0 Å². The Hall–Kier alpha value is -2.62. The van der Waals surface area contributed by atoms with E-state index in [4.69, 9.17) is 4.74 Å². The van der Waals surface area contributed by atoms with Gasteiger partial charge in [0.05, 0.1) is 17.7 Å². The Morgan fingerprint density at radius 3 is 2.67 bits per heavy atom. The lowest BCUT2D eigenvalue weighted by Crippen LogP contribution is -2.54. The fourth-order valence-corrected chi connectivity index (χ4v) is 3.68. The van der Waals surface area contributed by atoms with E-state index in [0.29, 0.717) is 30.9 Å². The van der Waals surface area contributed by atoms with Gasteiger partial charge in [-0.1, -0.05) is 6.07 Å². The monoisotopic (exact) mass is 416 g/mol. The van der Waals surface area contributed by atoms with Crippen LogP contribution in [0.4, 0.5) is 0 Å². The Labute approximate surface area is 175 Å². The first-order valence-electron chi connectivity index (χ1n) is 10.2. The van der Waals surface area contributed by atoms with Crippen LogP contribution in [0.25, 0.3) is 0 Å². The number of rotatable bonds is 10. The number of imide groups is 2. The normalized spacial score (nSPS) is 18.9. The highest BCUT2D eigenvalue weighted by atomic mass is 16.5. The average molecular weight is 416 g/mol. The third-order valence-electron chi connectivity index (χ3n) is 5.29. The van der Waals surface area contributed by atoms with Gasteiger partial charge in [-0.15, -0.1) is 0 Å². The van der Waals surface area contributed by atoms with Gasteiger partial charge < -0.3 is 10.1 Å². The van der Waals surface area contributed by atoms with Crippen LogP contribution >= 0.6 is 0 Å². The average Bonchev–Trinajstić information content (AvgIpc) is 2.95. The number of nitrogens with zero attached hydrogens (tertiary/aromatic N) is 2. The number of nitrogens with one attached hydrogen (secondary N) is 2. The predicted molar refractivity (Wildman–Crippen MR) is 109 cm³/mol. The van der Waals surface area contributed by atoms with Crippen LogP contribution in [-0.4, -0.2) is 79.9 Å². The summed E-state index contributed by atoms with van der Waals surface area (Å²) in [6.07, 6.45) is 1.22. The number of piperidine rings is 1. The van der Waals surface area contributed by atoms with E-state index in [9.17, 15) is 19.2 Å². The number of carbonyl (C=O) groups excluding carboxylic acids is 4. The number of likely N-dealkylation sites (N-methyl/N-ethyl adjacent to an activating group) is 1. The summed E-state index contributed by atoms with van der Waals surface area (Å²) in [5, 5.41) is 5.27.